The fourth-order valence-electron chi connectivity index (χ4n) is 1.65. The van der Waals surface area contributed by atoms with Crippen LogP contribution in [-0.2, 0) is 4.74 Å². The lowest BCUT2D eigenvalue weighted by Crippen LogP contribution is -2.30. The van der Waals surface area contributed by atoms with E-state index in [0.29, 0.717) is 0 Å². The molecule has 0 aliphatic carbocycles. The Morgan fingerprint density at radius 2 is 2.44 bits per heavy atom. The number of aliphatic hydroxyl groups is 1. The van der Waals surface area contributed by atoms with Crippen LogP contribution < -0.4 is 17.2 Å². The third-order valence-corrected chi connectivity index (χ3v) is 2.49. The highest BCUT2D eigenvalue weighted by atomic mass is 16.5. The van der Waals surface area contributed by atoms with Gasteiger partial charge in [0, 0.05) is 13.0 Å². The summed E-state index contributed by atoms with van der Waals surface area (Å²) in [7, 11) is 0. The Hall–Kier alpha value is -1.51. The second kappa shape index (κ2) is 4.16. The molecule has 0 aromatic carbocycles. The van der Waals surface area contributed by atoms with Gasteiger partial charge < -0.3 is 21.3 Å². The van der Waals surface area contributed by atoms with Crippen molar-refractivity contribution in [1.29, 1.82) is 0 Å². The number of hydrogen-bond acceptors (Lipinski definition) is 7. The van der Waals surface area contributed by atoms with Gasteiger partial charge in [0.05, 0.1) is 12.2 Å². The maximum atomic E-state index is 11.5. The number of ether oxygens (including phenoxy) is 1. The molecular weight excluding hydrogens is 214 g/mol. The van der Waals surface area contributed by atoms with Crippen LogP contribution in [-0.4, -0.2) is 38.4 Å². The van der Waals surface area contributed by atoms with E-state index in [1.807, 2.05) is 0 Å². The van der Waals surface area contributed by atoms with Crippen LogP contribution in [0, 0.1) is 0 Å². The first-order valence-corrected chi connectivity index (χ1v) is 4.86. The van der Waals surface area contributed by atoms with Gasteiger partial charge in [-0.15, -0.1) is 0 Å². The minimum atomic E-state index is -0.681. The normalized spacial score (nSPS) is 29.5. The minimum Gasteiger partial charge on any atom is -0.390 e. The maximum absolute atomic E-state index is 11.5. The number of hydrogen-bond donors (Lipinski definition) is 3. The van der Waals surface area contributed by atoms with Gasteiger partial charge in [-0.2, -0.15) is 4.98 Å². The van der Waals surface area contributed by atoms with Gasteiger partial charge in [-0.25, -0.2) is 9.78 Å². The predicted octanol–water partition coefficient (Wildman–Crippen LogP) is -2.17. The molecule has 0 spiro atoms. The van der Waals surface area contributed by atoms with Crippen LogP contribution in [0.5, 0.6) is 0 Å². The van der Waals surface area contributed by atoms with Crippen LogP contribution in [0.3, 0.4) is 0 Å². The van der Waals surface area contributed by atoms with Gasteiger partial charge in [-0.3, -0.25) is 4.57 Å². The Labute approximate surface area is 90.9 Å². The van der Waals surface area contributed by atoms with Crippen molar-refractivity contribution in [1.82, 2.24) is 14.5 Å². The quantitative estimate of drug-likeness (QED) is 0.524. The Morgan fingerprint density at radius 1 is 1.69 bits per heavy atom. The second-order valence-electron chi connectivity index (χ2n) is 3.57. The van der Waals surface area contributed by atoms with Crippen LogP contribution in [0.25, 0.3) is 0 Å². The molecule has 1 fully saturated rings. The molecule has 3 atom stereocenters. The van der Waals surface area contributed by atoms with Crippen molar-refractivity contribution in [2.45, 2.75) is 24.9 Å². The Kier molecular flexibility index (Phi) is 2.86. The predicted molar refractivity (Wildman–Crippen MR) is 54.3 cm³/mol. The standard InChI is InChI=1S/C8H13N5O3/c9-2-5-4(14)1-6(16-5)13-3-11-7(10)12-8(13)15/h3-6,14H,1-2,9H2,(H2,10,12,15)/t4?,5-,6-/m1/s1. The Bertz CT molecular complexity index is 434. The molecule has 1 unspecified atom stereocenters. The van der Waals surface area contributed by atoms with E-state index in [1.54, 1.807) is 0 Å². The number of nitrogens with zero attached hydrogens (tertiary/aromatic N) is 3. The SMILES string of the molecule is NC[C@H]1O[C@@H](n2cnc(N)nc2=O)CC1O. The topological polar surface area (TPSA) is 129 Å². The van der Waals surface area contributed by atoms with E-state index in [2.05, 4.69) is 9.97 Å². The molecule has 88 valence electrons. The molecule has 1 aromatic heterocycles. The molecule has 0 amide bonds. The molecule has 8 heteroatoms. The summed E-state index contributed by atoms with van der Waals surface area (Å²) in [5.41, 5.74) is 10.1. The number of aliphatic hydroxyl groups excluding tert-OH is 1. The first-order chi connectivity index (χ1) is 7.61. The van der Waals surface area contributed by atoms with E-state index in [0.717, 1.165) is 0 Å². The summed E-state index contributed by atoms with van der Waals surface area (Å²) < 4.78 is 6.59. The van der Waals surface area contributed by atoms with Crippen LogP contribution in [0.15, 0.2) is 11.1 Å². The monoisotopic (exact) mass is 227 g/mol. The summed E-state index contributed by atoms with van der Waals surface area (Å²) in [4.78, 5) is 18.6. The van der Waals surface area contributed by atoms with Crippen LogP contribution in [0.1, 0.15) is 12.6 Å². The zero-order chi connectivity index (χ0) is 11.7. The van der Waals surface area contributed by atoms with E-state index in [9.17, 15) is 9.90 Å². The zero-order valence-electron chi connectivity index (χ0n) is 8.48. The van der Waals surface area contributed by atoms with E-state index < -0.39 is 24.1 Å². The summed E-state index contributed by atoms with van der Waals surface area (Å²) in [5, 5.41) is 9.58. The average Bonchev–Trinajstić information content (AvgIpc) is 2.59. The minimum absolute atomic E-state index is 0.0878. The van der Waals surface area contributed by atoms with E-state index >= 15 is 0 Å². The third-order valence-electron chi connectivity index (χ3n) is 2.49. The van der Waals surface area contributed by atoms with E-state index in [-0.39, 0.29) is 18.9 Å². The Morgan fingerprint density at radius 3 is 3.00 bits per heavy atom. The van der Waals surface area contributed by atoms with Gasteiger partial charge in [0.2, 0.25) is 5.95 Å². The molecule has 5 N–H and O–H groups in total. The van der Waals surface area contributed by atoms with Crippen LogP contribution in [0.2, 0.25) is 0 Å². The molecule has 16 heavy (non-hydrogen) atoms. The van der Waals surface area contributed by atoms with Gasteiger partial charge in [0.25, 0.3) is 0 Å². The molecule has 0 saturated carbocycles. The molecule has 1 aromatic rings. The highest BCUT2D eigenvalue weighted by Gasteiger charge is 2.34. The van der Waals surface area contributed by atoms with Crippen molar-refractivity contribution < 1.29 is 9.84 Å². The Balaban J connectivity index is 2.23. The summed E-state index contributed by atoms with van der Waals surface area (Å²) >= 11 is 0. The third kappa shape index (κ3) is 1.90. The van der Waals surface area contributed by atoms with Gasteiger partial charge in [-0.1, -0.05) is 0 Å². The summed E-state index contributed by atoms with van der Waals surface area (Å²) in [5.74, 6) is -0.0878. The van der Waals surface area contributed by atoms with E-state index in [4.69, 9.17) is 16.2 Å². The summed E-state index contributed by atoms with van der Waals surface area (Å²) in [6.07, 6.45) is -0.193. The van der Waals surface area contributed by atoms with Crippen molar-refractivity contribution in [3.05, 3.63) is 16.8 Å². The van der Waals surface area contributed by atoms with Gasteiger partial charge in [0.15, 0.2) is 0 Å². The largest absolute Gasteiger partial charge is 0.390 e. The van der Waals surface area contributed by atoms with Gasteiger partial charge >= 0.3 is 5.69 Å². The molecule has 0 bridgehead atoms. The average molecular weight is 227 g/mol. The van der Waals surface area contributed by atoms with Crippen molar-refractivity contribution in [3.8, 4) is 0 Å². The second-order valence-corrected chi connectivity index (χ2v) is 3.57. The molecule has 1 aliphatic rings. The molecule has 2 heterocycles. The fourth-order valence-corrected chi connectivity index (χ4v) is 1.65. The van der Waals surface area contributed by atoms with Crippen LogP contribution >= 0.6 is 0 Å². The summed E-state index contributed by atoms with van der Waals surface area (Å²) in [6.45, 7) is 0.197. The zero-order valence-corrected chi connectivity index (χ0v) is 8.48. The molecule has 0 radical (unpaired) electrons. The van der Waals surface area contributed by atoms with Gasteiger partial charge in [0.1, 0.15) is 12.6 Å². The first-order valence-electron chi connectivity index (χ1n) is 4.86. The van der Waals surface area contributed by atoms with E-state index in [1.165, 1.54) is 10.9 Å². The number of nitrogen functional groups attached to an aromatic ring is 1. The lowest BCUT2D eigenvalue weighted by molar-refractivity contribution is -0.0155. The number of anilines is 1. The molecule has 1 aliphatic heterocycles. The molecule has 8 nitrogen and oxygen atoms in total. The lowest BCUT2D eigenvalue weighted by atomic mass is 10.2. The molecule has 2 rings (SSSR count). The smallest absolute Gasteiger partial charge is 0.354 e. The number of aromatic nitrogens is 3. The van der Waals surface area contributed by atoms with Crippen LogP contribution in [0.4, 0.5) is 5.95 Å². The lowest BCUT2D eigenvalue weighted by Gasteiger charge is -2.13. The highest BCUT2D eigenvalue weighted by Crippen LogP contribution is 2.26. The number of rotatable bonds is 2. The number of nitrogens with two attached hydrogens (primary N) is 2. The highest BCUT2D eigenvalue weighted by molar-refractivity contribution is 5.09. The van der Waals surface area contributed by atoms with Crippen molar-refractivity contribution in [2.75, 3.05) is 12.3 Å². The van der Waals surface area contributed by atoms with Gasteiger partial charge in [-0.05, 0) is 0 Å². The maximum Gasteiger partial charge on any atom is 0.354 e. The summed E-state index contributed by atoms with van der Waals surface area (Å²) in [6, 6.07) is 0. The molecular formula is C8H13N5O3. The van der Waals surface area contributed by atoms with Crippen molar-refractivity contribution in [3.63, 3.8) is 0 Å². The van der Waals surface area contributed by atoms with Crippen molar-refractivity contribution in [2.24, 2.45) is 5.73 Å². The molecule has 1 saturated heterocycles. The van der Waals surface area contributed by atoms with Crippen molar-refractivity contribution >= 4 is 5.95 Å². The fraction of sp³-hybridized carbons (Fsp3) is 0.625. The first kappa shape index (κ1) is 11.0.